The number of nitrogens with zero attached hydrogens (tertiary/aromatic N) is 1. The number of aliphatic imine (C=N–C) groups is 1. The minimum atomic E-state index is -4.53. The Labute approximate surface area is 178 Å². The third kappa shape index (κ3) is 6.20. The molecule has 1 amide bonds. The van der Waals surface area contributed by atoms with Gasteiger partial charge in [0.05, 0.1) is 22.0 Å². The molecule has 3 rings (SSSR count). The lowest BCUT2D eigenvalue weighted by atomic mass is 9.86. The van der Waals surface area contributed by atoms with Gasteiger partial charge in [-0.3, -0.25) is 9.79 Å². The largest absolute Gasteiger partial charge is 0.416 e. The van der Waals surface area contributed by atoms with Crippen molar-refractivity contribution in [2.45, 2.75) is 57.2 Å². The maximum absolute atomic E-state index is 12.9. The van der Waals surface area contributed by atoms with Gasteiger partial charge in [-0.2, -0.15) is 13.2 Å². The summed E-state index contributed by atoms with van der Waals surface area (Å²) in [6, 6.07) is 2.65. The van der Waals surface area contributed by atoms with E-state index >= 15 is 0 Å². The number of nitrogens with one attached hydrogen (secondary N) is 2. The van der Waals surface area contributed by atoms with Crippen LogP contribution < -0.4 is 11.1 Å². The highest BCUT2D eigenvalue weighted by Gasteiger charge is 2.32. The number of amidine groups is 1. The first-order valence-electron chi connectivity index (χ1n) is 10.2. The fourth-order valence-corrected chi connectivity index (χ4v) is 3.91. The van der Waals surface area contributed by atoms with Gasteiger partial charge in [0, 0.05) is 24.7 Å². The van der Waals surface area contributed by atoms with Gasteiger partial charge >= 0.3 is 6.18 Å². The Balaban J connectivity index is 1.47. The van der Waals surface area contributed by atoms with Gasteiger partial charge in [-0.15, -0.1) is 0 Å². The quantitative estimate of drug-likeness (QED) is 0.417. The van der Waals surface area contributed by atoms with E-state index in [0.29, 0.717) is 36.3 Å². The van der Waals surface area contributed by atoms with Crippen LogP contribution in [0, 0.1) is 17.2 Å². The maximum atomic E-state index is 12.9. The highest BCUT2D eigenvalue weighted by molar-refractivity contribution is 6.33. The van der Waals surface area contributed by atoms with E-state index in [1.54, 1.807) is 0 Å². The Morgan fingerprint density at radius 2 is 1.87 bits per heavy atom. The van der Waals surface area contributed by atoms with Crippen LogP contribution in [-0.2, 0) is 6.18 Å². The Bertz CT molecular complexity index is 828. The average Bonchev–Trinajstić information content (AvgIpc) is 3.52. The highest BCUT2D eigenvalue weighted by atomic mass is 35.5. The van der Waals surface area contributed by atoms with E-state index in [1.807, 2.05) is 0 Å². The molecule has 0 heterocycles. The molecule has 0 spiro atoms. The molecule has 0 radical (unpaired) electrons. The molecule has 164 valence electrons. The third-order valence-electron chi connectivity index (χ3n) is 5.71. The zero-order chi connectivity index (χ0) is 21.9. The minimum Gasteiger partial charge on any atom is -0.387 e. The summed E-state index contributed by atoms with van der Waals surface area (Å²) in [5, 5.41) is 10.7. The predicted molar refractivity (Wildman–Crippen MR) is 111 cm³/mol. The summed E-state index contributed by atoms with van der Waals surface area (Å²) in [5.74, 6) is 0.656. The topological polar surface area (TPSA) is 91.3 Å². The summed E-state index contributed by atoms with van der Waals surface area (Å²) in [7, 11) is 0. The van der Waals surface area contributed by atoms with Crippen LogP contribution in [0.25, 0.3) is 0 Å². The zero-order valence-electron chi connectivity index (χ0n) is 16.6. The lowest BCUT2D eigenvalue weighted by molar-refractivity contribution is -0.137. The molecule has 9 heteroatoms. The molecule has 0 aromatic heterocycles. The zero-order valence-corrected chi connectivity index (χ0v) is 17.3. The number of carbonyl (C=O) groups excluding carboxylic acids is 1. The summed E-state index contributed by atoms with van der Waals surface area (Å²) in [5.41, 5.74) is 5.53. The second-order valence-corrected chi connectivity index (χ2v) is 8.60. The van der Waals surface area contributed by atoms with Gasteiger partial charge in [0.1, 0.15) is 0 Å². The minimum absolute atomic E-state index is 0.00392. The number of benzene rings is 1. The average molecular weight is 443 g/mol. The van der Waals surface area contributed by atoms with Gasteiger partial charge in [-0.05, 0) is 68.6 Å². The van der Waals surface area contributed by atoms with E-state index < -0.39 is 17.6 Å². The van der Waals surface area contributed by atoms with E-state index in [4.69, 9.17) is 22.7 Å². The predicted octanol–water partition coefficient (Wildman–Crippen LogP) is 4.82. The maximum Gasteiger partial charge on any atom is 0.416 e. The van der Waals surface area contributed by atoms with Crippen molar-refractivity contribution in [2.24, 2.45) is 22.6 Å². The molecule has 1 aromatic rings. The van der Waals surface area contributed by atoms with Gasteiger partial charge in [-0.1, -0.05) is 11.6 Å². The second kappa shape index (κ2) is 9.37. The SMILES string of the molecule is N=C(CC(N)=NCC1CCC(NC(=O)c2cc(C(F)(F)F)ccc2Cl)CC1)C1CC1. The summed E-state index contributed by atoms with van der Waals surface area (Å²) in [6.07, 6.45) is 1.20. The molecule has 5 nitrogen and oxygen atoms in total. The van der Waals surface area contributed by atoms with Crippen LogP contribution in [0.3, 0.4) is 0 Å². The molecular weight excluding hydrogens is 417 g/mol. The number of alkyl halides is 3. The van der Waals surface area contributed by atoms with E-state index in [9.17, 15) is 18.0 Å². The van der Waals surface area contributed by atoms with Crippen molar-refractivity contribution < 1.29 is 18.0 Å². The molecule has 0 aliphatic heterocycles. The Kier molecular flexibility index (Phi) is 7.06. The summed E-state index contributed by atoms with van der Waals surface area (Å²) < 4.78 is 38.7. The van der Waals surface area contributed by atoms with Gasteiger partial charge < -0.3 is 16.5 Å². The van der Waals surface area contributed by atoms with Gasteiger partial charge in [0.15, 0.2) is 0 Å². The van der Waals surface area contributed by atoms with Crippen LogP contribution in [0.1, 0.15) is 60.9 Å². The van der Waals surface area contributed by atoms with Crippen LogP contribution in [0.5, 0.6) is 0 Å². The van der Waals surface area contributed by atoms with Crippen LogP contribution in [0.4, 0.5) is 13.2 Å². The Morgan fingerprint density at radius 3 is 2.47 bits per heavy atom. The fourth-order valence-electron chi connectivity index (χ4n) is 3.70. The monoisotopic (exact) mass is 442 g/mol. The molecule has 0 bridgehead atoms. The molecule has 0 saturated heterocycles. The molecule has 2 aliphatic carbocycles. The van der Waals surface area contributed by atoms with Gasteiger partial charge in [-0.25, -0.2) is 0 Å². The Morgan fingerprint density at radius 1 is 1.20 bits per heavy atom. The molecule has 0 unspecified atom stereocenters. The summed E-state index contributed by atoms with van der Waals surface area (Å²) >= 11 is 5.94. The first kappa shape index (κ1) is 22.6. The number of amides is 1. The molecule has 2 saturated carbocycles. The summed E-state index contributed by atoms with van der Waals surface area (Å²) in [4.78, 5) is 16.9. The van der Waals surface area contributed by atoms with Crippen molar-refractivity contribution in [3.8, 4) is 0 Å². The van der Waals surface area contributed by atoms with Crippen LogP contribution in [0.15, 0.2) is 23.2 Å². The normalized spacial score (nSPS) is 22.6. The Hall–Kier alpha value is -2.09. The van der Waals surface area contributed by atoms with Crippen LogP contribution >= 0.6 is 11.6 Å². The van der Waals surface area contributed by atoms with E-state index in [-0.39, 0.29) is 16.6 Å². The second-order valence-electron chi connectivity index (χ2n) is 8.19. The molecule has 4 N–H and O–H groups in total. The number of carbonyl (C=O) groups is 1. The molecular formula is C21H26ClF3N4O. The lowest BCUT2D eigenvalue weighted by Crippen LogP contribution is -2.38. The number of halogens is 4. The first-order chi connectivity index (χ1) is 14.1. The summed E-state index contributed by atoms with van der Waals surface area (Å²) in [6.45, 7) is 0.601. The van der Waals surface area contributed by atoms with Crippen LogP contribution in [0.2, 0.25) is 5.02 Å². The van der Waals surface area contributed by atoms with Gasteiger partial charge in [0.2, 0.25) is 0 Å². The van der Waals surface area contributed by atoms with Crippen molar-refractivity contribution in [2.75, 3.05) is 6.54 Å². The molecule has 0 atom stereocenters. The highest BCUT2D eigenvalue weighted by Crippen LogP contribution is 2.33. The van der Waals surface area contributed by atoms with E-state index in [1.165, 1.54) is 0 Å². The van der Waals surface area contributed by atoms with Crippen molar-refractivity contribution in [3.63, 3.8) is 0 Å². The smallest absolute Gasteiger partial charge is 0.387 e. The van der Waals surface area contributed by atoms with E-state index in [2.05, 4.69) is 10.3 Å². The first-order valence-corrected chi connectivity index (χ1v) is 10.5. The van der Waals surface area contributed by atoms with Crippen molar-refractivity contribution in [1.29, 1.82) is 5.41 Å². The fraction of sp³-hybridized carbons (Fsp3) is 0.571. The molecule has 2 fully saturated rings. The molecule has 1 aromatic carbocycles. The standard InChI is InChI=1S/C21H26ClF3N4O/c22-17-8-5-14(21(23,24)25)9-16(17)20(30)29-15-6-1-12(2-7-15)11-28-19(27)10-18(26)13-3-4-13/h5,8-9,12-13,15,26H,1-4,6-7,10-11H2,(H2,27,28)(H,29,30). The third-order valence-corrected chi connectivity index (χ3v) is 6.04. The van der Waals surface area contributed by atoms with Crippen molar-refractivity contribution in [1.82, 2.24) is 5.32 Å². The number of hydrogen-bond acceptors (Lipinski definition) is 3. The van der Waals surface area contributed by atoms with Crippen molar-refractivity contribution in [3.05, 3.63) is 34.3 Å². The van der Waals surface area contributed by atoms with E-state index in [0.717, 1.165) is 56.7 Å². The van der Waals surface area contributed by atoms with Crippen molar-refractivity contribution >= 4 is 29.1 Å². The van der Waals surface area contributed by atoms with Crippen LogP contribution in [-0.4, -0.2) is 30.0 Å². The number of hydrogen-bond donors (Lipinski definition) is 3. The molecule has 30 heavy (non-hydrogen) atoms. The molecule has 2 aliphatic rings. The number of nitrogens with two attached hydrogens (primary N) is 1. The lowest BCUT2D eigenvalue weighted by Gasteiger charge is -2.28. The number of rotatable bonds is 7. The van der Waals surface area contributed by atoms with Gasteiger partial charge in [0.25, 0.3) is 5.91 Å².